The molecule has 5 aromatic rings. The van der Waals surface area contributed by atoms with Crippen LogP contribution in [0, 0.1) is 10.5 Å². The molecule has 0 radical (unpaired) electrons. The van der Waals surface area contributed by atoms with Crippen molar-refractivity contribution in [3.8, 4) is 0 Å². The highest BCUT2D eigenvalue weighted by Gasteiger charge is 2.19. The van der Waals surface area contributed by atoms with E-state index in [2.05, 4.69) is 90.2 Å². The summed E-state index contributed by atoms with van der Waals surface area (Å²) < 4.78 is 13.6. The van der Waals surface area contributed by atoms with E-state index in [1.54, 1.807) is 0 Å². The number of para-hydroxylation sites is 2. The summed E-state index contributed by atoms with van der Waals surface area (Å²) in [6, 6.07) is 19.4. The number of benzene rings is 3. The number of rotatable bonds is 1. The van der Waals surface area contributed by atoms with E-state index in [9.17, 15) is 0 Å². The predicted octanol–water partition coefficient (Wildman–Crippen LogP) is 7.82. The first-order chi connectivity index (χ1) is 14.2. The van der Waals surface area contributed by atoms with Crippen LogP contribution in [-0.4, -0.2) is 0 Å². The number of aryl methyl sites for hydroxylation is 2. The van der Waals surface area contributed by atoms with E-state index in [0.717, 1.165) is 41.8 Å². The second-order valence-corrected chi connectivity index (χ2v) is 8.98. The van der Waals surface area contributed by atoms with Crippen LogP contribution in [0.4, 0.5) is 0 Å². The second-order valence-electron chi connectivity index (χ2n) is 7.82. The molecule has 0 N–H and O–H groups in total. The fourth-order valence-corrected chi connectivity index (χ4v) is 5.20. The van der Waals surface area contributed by atoms with E-state index >= 15 is 0 Å². The molecule has 2 nitrogen and oxygen atoms in total. The summed E-state index contributed by atoms with van der Waals surface area (Å²) >= 11 is 2.36. The quantitative estimate of drug-likeness (QED) is 0.224. The van der Waals surface area contributed by atoms with Crippen LogP contribution in [0.15, 0.2) is 69.5 Å². The molecule has 142 valence electrons. The molecular formula is C26H19IO2. The van der Waals surface area contributed by atoms with Gasteiger partial charge in [-0.15, -0.1) is 0 Å². The van der Waals surface area contributed by atoms with Gasteiger partial charge in [0, 0.05) is 28.1 Å². The predicted molar refractivity (Wildman–Crippen MR) is 127 cm³/mol. The summed E-state index contributed by atoms with van der Waals surface area (Å²) in [4.78, 5) is 0. The fraction of sp³-hybridized carbons (Fsp3) is 0.154. The summed E-state index contributed by atoms with van der Waals surface area (Å²) in [5.41, 5.74) is 8.19. The minimum absolute atomic E-state index is 0.918. The van der Waals surface area contributed by atoms with Crippen LogP contribution >= 0.6 is 22.6 Å². The number of hydrogen-bond donors (Lipinski definition) is 0. The number of hydrogen-bond acceptors (Lipinski definition) is 2. The molecule has 0 amide bonds. The maximum atomic E-state index is 6.26. The number of furan rings is 2. The van der Waals surface area contributed by atoms with Crippen LogP contribution in [0.25, 0.3) is 38.5 Å². The fourth-order valence-electron chi connectivity index (χ4n) is 4.59. The first-order valence-electron chi connectivity index (χ1n) is 9.99. The molecular weight excluding hydrogens is 471 g/mol. The average Bonchev–Trinajstić information content (AvgIpc) is 3.21. The van der Waals surface area contributed by atoms with Crippen LogP contribution in [-0.2, 0) is 12.8 Å². The summed E-state index contributed by atoms with van der Waals surface area (Å²) in [6.45, 7) is 2.10. The van der Waals surface area contributed by atoms with E-state index in [1.807, 2.05) is 0 Å². The molecule has 0 spiro atoms. The van der Waals surface area contributed by atoms with Gasteiger partial charge in [0.25, 0.3) is 0 Å². The monoisotopic (exact) mass is 490 g/mol. The van der Waals surface area contributed by atoms with Gasteiger partial charge in [0.15, 0.2) is 0 Å². The number of fused-ring (bicyclic) bond motifs is 6. The zero-order chi connectivity index (χ0) is 19.5. The molecule has 0 aliphatic heterocycles. The molecule has 1 aliphatic carbocycles. The smallest absolute Gasteiger partial charge is 0.147 e. The Labute approximate surface area is 182 Å². The lowest BCUT2D eigenvalue weighted by molar-refractivity contribution is 0.545. The Morgan fingerprint density at radius 3 is 2.62 bits per heavy atom. The second kappa shape index (κ2) is 6.49. The topological polar surface area (TPSA) is 26.3 Å². The zero-order valence-electron chi connectivity index (χ0n) is 16.1. The van der Waals surface area contributed by atoms with E-state index in [0.29, 0.717) is 0 Å². The van der Waals surface area contributed by atoms with Crippen molar-refractivity contribution < 1.29 is 8.83 Å². The molecule has 2 heterocycles. The first-order valence-corrected chi connectivity index (χ1v) is 11.1. The Hall–Kier alpha value is -2.53. The van der Waals surface area contributed by atoms with Crippen LogP contribution in [0.3, 0.4) is 0 Å². The molecule has 1 aliphatic rings. The lowest BCUT2D eigenvalue weighted by Gasteiger charge is -2.06. The highest BCUT2D eigenvalue weighted by molar-refractivity contribution is 14.1. The van der Waals surface area contributed by atoms with Gasteiger partial charge in [0.05, 0.1) is 3.57 Å². The molecule has 0 fully saturated rings. The van der Waals surface area contributed by atoms with Crippen molar-refractivity contribution in [1.29, 1.82) is 0 Å². The lowest BCUT2D eigenvalue weighted by atomic mass is 9.99. The Morgan fingerprint density at radius 1 is 0.828 bits per heavy atom. The largest absolute Gasteiger partial charge is 0.460 e. The van der Waals surface area contributed by atoms with Gasteiger partial charge in [-0.1, -0.05) is 42.5 Å². The Morgan fingerprint density at radius 2 is 1.69 bits per heavy atom. The molecule has 0 unspecified atom stereocenters. The highest BCUT2D eigenvalue weighted by atomic mass is 127. The molecule has 0 bridgehead atoms. The van der Waals surface area contributed by atoms with Crippen molar-refractivity contribution >= 4 is 61.1 Å². The number of allylic oxidation sites excluding steroid dienone is 2. The Balaban J connectivity index is 1.45. The first kappa shape index (κ1) is 17.3. The molecule has 6 rings (SSSR count). The van der Waals surface area contributed by atoms with Gasteiger partial charge in [0.2, 0.25) is 0 Å². The van der Waals surface area contributed by atoms with Crippen molar-refractivity contribution in [2.45, 2.75) is 26.2 Å². The van der Waals surface area contributed by atoms with Gasteiger partial charge in [-0.2, -0.15) is 0 Å². The normalized spacial score (nSPS) is 14.3. The third-order valence-electron chi connectivity index (χ3n) is 6.09. The van der Waals surface area contributed by atoms with Gasteiger partial charge in [-0.3, -0.25) is 0 Å². The molecule has 2 aromatic heterocycles. The number of halogens is 1. The molecule has 0 saturated heterocycles. The van der Waals surface area contributed by atoms with E-state index in [-0.39, 0.29) is 0 Å². The van der Waals surface area contributed by atoms with Gasteiger partial charge in [0.1, 0.15) is 22.5 Å². The SMILES string of the molecule is Cc1cccc2c1oc1ccc(C3=CCc4c(oc5c(I)cccc45)CC3)cc12. The van der Waals surface area contributed by atoms with Crippen LogP contribution < -0.4 is 0 Å². The molecule has 3 heteroatoms. The maximum Gasteiger partial charge on any atom is 0.147 e. The van der Waals surface area contributed by atoms with Gasteiger partial charge >= 0.3 is 0 Å². The minimum Gasteiger partial charge on any atom is -0.460 e. The molecule has 3 aromatic carbocycles. The van der Waals surface area contributed by atoms with Gasteiger partial charge in [-0.05, 0) is 77.3 Å². The van der Waals surface area contributed by atoms with Gasteiger partial charge < -0.3 is 8.83 Å². The molecule has 0 saturated carbocycles. The van der Waals surface area contributed by atoms with Crippen LogP contribution in [0.5, 0.6) is 0 Å². The van der Waals surface area contributed by atoms with Crippen LogP contribution in [0.1, 0.15) is 28.9 Å². The third kappa shape index (κ3) is 2.67. The van der Waals surface area contributed by atoms with Crippen molar-refractivity contribution in [2.75, 3.05) is 0 Å². The molecule has 29 heavy (non-hydrogen) atoms. The maximum absolute atomic E-state index is 6.26. The molecule has 0 atom stereocenters. The summed E-state index contributed by atoms with van der Waals surface area (Å²) in [6.07, 6.45) is 5.23. The average molecular weight is 490 g/mol. The van der Waals surface area contributed by atoms with Crippen LogP contribution in [0.2, 0.25) is 0 Å². The summed E-state index contributed by atoms with van der Waals surface area (Å²) in [5.74, 6) is 1.14. The van der Waals surface area contributed by atoms with Crippen molar-refractivity contribution in [2.24, 2.45) is 0 Å². The van der Waals surface area contributed by atoms with Gasteiger partial charge in [-0.25, -0.2) is 0 Å². The third-order valence-corrected chi connectivity index (χ3v) is 6.94. The van der Waals surface area contributed by atoms with Crippen molar-refractivity contribution in [3.63, 3.8) is 0 Å². The Bertz CT molecular complexity index is 1450. The van der Waals surface area contributed by atoms with E-state index < -0.39 is 0 Å². The van der Waals surface area contributed by atoms with Crippen molar-refractivity contribution in [3.05, 3.63) is 86.7 Å². The van der Waals surface area contributed by atoms with E-state index in [4.69, 9.17) is 8.83 Å². The highest BCUT2D eigenvalue weighted by Crippen LogP contribution is 2.37. The standard InChI is InChI=1S/C26H19IO2/c1-15-4-2-5-20-21-14-17(10-13-24(21)28-25(15)20)16-8-11-18-19-6-3-7-22(27)26(19)29-23(18)12-9-16/h2-8,10,13-14H,9,11-12H2,1H3. The lowest BCUT2D eigenvalue weighted by Crippen LogP contribution is -1.87. The van der Waals surface area contributed by atoms with E-state index in [1.165, 1.54) is 42.0 Å². The Kier molecular flexibility index (Phi) is 3.88. The van der Waals surface area contributed by atoms with Crippen molar-refractivity contribution in [1.82, 2.24) is 0 Å². The summed E-state index contributed by atoms with van der Waals surface area (Å²) in [5, 5.41) is 3.66. The zero-order valence-corrected chi connectivity index (χ0v) is 18.2. The summed E-state index contributed by atoms with van der Waals surface area (Å²) in [7, 11) is 0. The minimum atomic E-state index is 0.918.